The number of carbonyl (C=O) groups excluding carboxylic acids is 1. The number of aromatic nitrogens is 1. The van der Waals surface area contributed by atoms with E-state index in [0.717, 1.165) is 22.2 Å². The Morgan fingerprint density at radius 3 is 2.49 bits per heavy atom. The quantitative estimate of drug-likeness (QED) is 0.582. The first kappa shape index (κ1) is 24.0. The Morgan fingerprint density at radius 2 is 1.77 bits per heavy atom. The van der Waals surface area contributed by atoms with Crippen LogP contribution < -0.4 is 4.72 Å². The first-order chi connectivity index (χ1) is 16.8. The van der Waals surface area contributed by atoms with Crippen molar-refractivity contribution >= 4 is 26.8 Å². The first-order valence-electron chi connectivity index (χ1n) is 12.4. The minimum atomic E-state index is -3.67. The third-order valence-corrected chi connectivity index (χ3v) is 8.96. The molecule has 3 aromatic rings. The number of amides is 1. The number of hydrogen-bond acceptors (Lipinski definition) is 4. The number of benzene rings is 2. The van der Waals surface area contributed by atoms with Crippen LogP contribution in [0.15, 0.2) is 59.5 Å². The van der Waals surface area contributed by atoms with Gasteiger partial charge in [0.25, 0.3) is 0 Å². The average molecular weight is 496 g/mol. The molecule has 2 aromatic carbocycles. The third kappa shape index (κ3) is 4.87. The summed E-state index contributed by atoms with van der Waals surface area (Å²) in [4.78, 5) is 15.2. The largest absolute Gasteiger partial charge is 0.377 e. The van der Waals surface area contributed by atoms with E-state index in [2.05, 4.69) is 10.8 Å². The zero-order valence-electron chi connectivity index (χ0n) is 20.3. The maximum atomic E-state index is 13.2. The summed E-state index contributed by atoms with van der Waals surface area (Å²) in [6.07, 6.45) is 2.73. The highest BCUT2D eigenvalue weighted by Crippen LogP contribution is 2.31. The zero-order chi connectivity index (χ0) is 24.6. The fourth-order valence-corrected chi connectivity index (χ4v) is 6.72. The van der Waals surface area contributed by atoms with Crippen molar-refractivity contribution in [2.75, 3.05) is 19.8 Å². The van der Waals surface area contributed by atoms with Crippen molar-refractivity contribution in [2.24, 2.45) is 13.0 Å². The van der Waals surface area contributed by atoms with E-state index in [1.165, 1.54) is 0 Å². The van der Waals surface area contributed by atoms with E-state index < -0.39 is 10.0 Å². The van der Waals surface area contributed by atoms with Crippen LogP contribution in [-0.2, 0) is 26.6 Å². The van der Waals surface area contributed by atoms with Crippen LogP contribution in [0.25, 0.3) is 22.2 Å². The van der Waals surface area contributed by atoms with Gasteiger partial charge in [0, 0.05) is 42.1 Å². The number of hydrogen-bond donors (Lipinski definition) is 1. The lowest BCUT2D eigenvalue weighted by Gasteiger charge is -2.37. The molecule has 1 aliphatic carbocycles. The second-order valence-electron chi connectivity index (χ2n) is 9.80. The van der Waals surface area contributed by atoms with Crippen molar-refractivity contribution in [3.8, 4) is 11.3 Å². The van der Waals surface area contributed by atoms with E-state index in [9.17, 15) is 13.2 Å². The number of fused-ring (bicyclic) bond motifs is 1. The molecule has 1 N–H and O–H groups in total. The molecule has 0 radical (unpaired) electrons. The summed E-state index contributed by atoms with van der Waals surface area (Å²) >= 11 is 0. The molecule has 1 aliphatic heterocycles. The van der Waals surface area contributed by atoms with Crippen LogP contribution in [0.2, 0.25) is 0 Å². The molecule has 186 valence electrons. The Hall–Kier alpha value is -2.68. The molecular formula is C27H33N3O4S. The highest BCUT2D eigenvalue weighted by atomic mass is 32.2. The molecule has 8 heteroatoms. The summed E-state index contributed by atoms with van der Waals surface area (Å²) < 4.78 is 36.8. The number of rotatable bonds is 5. The molecule has 7 nitrogen and oxygen atoms in total. The van der Waals surface area contributed by atoms with Crippen molar-refractivity contribution in [3.05, 3.63) is 54.6 Å². The molecule has 0 spiro atoms. The zero-order valence-corrected chi connectivity index (χ0v) is 21.1. The topological polar surface area (TPSA) is 80.6 Å². The predicted molar refractivity (Wildman–Crippen MR) is 136 cm³/mol. The second kappa shape index (κ2) is 9.76. The molecule has 2 fully saturated rings. The Bertz CT molecular complexity index is 1310. The van der Waals surface area contributed by atoms with Crippen LogP contribution >= 0.6 is 0 Å². The van der Waals surface area contributed by atoms with Crippen LogP contribution in [0.1, 0.15) is 32.6 Å². The SMILES string of the molecule is CC1COCCN1C(=O)C1CCC(NS(=O)(=O)c2ccc3cc(-c4ccccc4)n(C)c3c2)CC1. The maximum absolute atomic E-state index is 13.2. The minimum absolute atomic E-state index is 0.0348. The van der Waals surface area contributed by atoms with E-state index in [1.54, 1.807) is 12.1 Å². The van der Waals surface area contributed by atoms with Crippen molar-refractivity contribution in [3.63, 3.8) is 0 Å². The van der Waals surface area contributed by atoms with Crippen molar-refractivity contribution in [2.45, 2.75) is 49.6 Å². The summed E-state index contributed by atoms with van der Waals surface area (Å²) in [7, 11) is -1.71. The minimum Gasteiger partial charge on any atom is -0.377 e. The molecule has 1 saturated heterocycles. The van der Waals surface area contributed by atoms with Crippen LogP contribution in [0, 0.1) is 5.92 Å². The number of nitrogens with one attached hydrogen (secondary N) is 1. The van der Waals surface area contributed by atoms with Gasteiger partial charge in [-0.3, -0.25) is 4.79 Å². The number of sulfonamides is 1. The van der Waals surface area contributed by atoms with Gasteiger partial charge in [-0.15, -0.1) is 0 Å². The Morgan fingerprint density at radius 1 is 1.03 bits per heavy atom. The molecule has 1 atom stereocenters. The van der Waals surface area contributed by atoms with Gasteiger partial charge in [0.15, 0.2) is 0 Å². The number of aryl methyl sites for hydroxylation is 1. The third-order valence-electron chi connectivity index (χ3n) is 7.45. The number of morpholine rings is 1. The molecule has 1 aromatic heterocycles. The Balaban J connectivity index is 1.27. The van der Waals surface area contributed by atoms with Crippen molar-refractivity contribution < 1.29 is 17.9 Å². The van der Waals surface area contributed by atoms with E-state index in [-0.39, 0.29) is 28.8 Å². The monoisotopic (exact) mass is 495 g/mol. The lowest BCUT2D eigenvalue weighted by atomic mass is 9.85. The number of ether oxygens (including phenoxy) is 1. The van der Waals surface area contributed by atoms with Crippen LogP contribution in [0.5, 0.6) is 0 Å². The van der Waals surface area contributed by atoms with Gasteiger partial charge >= 0.3 is 0 Å². The molecule has 5 rings (SSSR count). The predicted octanol–water partition coefficient (Wildman–Crippen LogP) is 3.93. The van der Waals surface area contributed by atoms with Gasteiger partial charge in [-0.2, -0.15) is 0 Å². The normalized spacial score (nSPS) is 23.5. The maximum Gasteiger partial charge on any atom is 0.240 e. The van der Waals surface area contributed by atoms with Gasteiger partial charge in [0.2, 0.25) is 15.9 Å². The smallest absolute Gasteiger partial charge is 0.240 e. The van der Waals surface area contributed by atoms with Gasteiger partial charge in [0.1, 0.15) is 0 Å². The number of nitrogens with zero attached hydrogens (tertiary/aromatic N) is 2. The van der Waals surface area contributed by atoms with Crippen LogP contribution in [-0.4, -0.2) is 55.6 Å². The summed E-state index contributed by atoms with van der Waals surface area (Å²) in [6, 6.07) is 17.4. The Kier molecular flexibility index (Phi) is 6.70. The lowest BCUT2D eigenvalue weighted by Crippen LogP contribution is -2.50. The fourth-order valence-electron chi connectivity index (χ4n) is 5.40. The van der Waals surface area contributed by atoms with Crippen LogP contribution in [0.4, 0.5) is 0 Å². The molecule has 1 saturated carbocycles. The highest BCUT2D eigenvalue weighted by Gasteiger charge is 2.34. The summed E-state index contributed by atoms with van der Waals surface area (Å²) in [5.41, 5.74) is 3.01. The van der Waals surface area contributed by atoms with E-state index in [0.29, 0.717) is 45.4 Å². The first-order valence-corrected chi connectivity index (χ1v) is 13.9. The van der Waals surface area contributed by atoms with E-state index >= 15 is 0 Å². The lowest BCUT2D eigenvalue weighted by molar-refractivity contribution is -0.144. The van der Waals surface area contributed by atoms with Gasteiger partial charge in [0.05, 0.1) is 24.2 Å². The molecular weight excluding hydrogens is 462 g/mol. The van der Waals surface area contributed by atoms with E-state index in [4.69, 9.17) is 4.74 Å². The summed E-state index contributed by atoms with van der Waals surface area (Å²) in [5, 5.41) is 1.00. The molecule has 2 aliphatic rings. The van der Waals surface area contributed by atoms with Crippen molar-refractivity contribution in [1.29, 1.82) is 0 Å². The van der Waals surface area contributed by atoms with Gasteiger partial charge in [-0.25, -0.2) is 13.1 Å². The molecule has 2 heterocycles. The average Bonchev–Trinajstić information content (AvgIpc) is 3.20. The van der Waals surface area contributed by atoms with Crippen molar-refractivity contribution in [1.82, 2.24) is 14.2 Å². The fraction of sp³-hybridized carbons (Fsp3) is 0.444. The van der Waals surface area contributed by atoms with Gasteiger partial charge < -0.3 is 14.2 Å². The summed E-state index contributed by atoms with van der Waals surface area (Å²) in [5.74, 6) is 0.151. The molecule has 1 amide bonds. The molecule has 0 bridgehead atoms. The highest BCUT2D eigenvalue weighted by molar-refractivity contribution is 7.89. The standard InChI is InChI=1S/C27H33N3O4S/c1-19-18-34-15-14-30(19)27(31)21-8-11-23(12-9-21)28-35(32,33)24-13-10-22-16-25(29(2)26(22)17-24)20-6-4-3-5-7-20/h3-7,10,13,16-17,19,21,23,28H,8-9,11-12,14-15,18H2,1-2H3. The number of carbonyl (C=O) groups is 1. The molecule has 35 heavy (non-hydrogen) atoms. The second-order valence-corrected chi connectivity index (χ2v) is 11.5. The summed E-state index contributed by atoms with van der Waals surface area (Å²) in [6.45, 7) is 3.83. The van der Waals surface area contributed by atoms with Gasteiger partial charge in [-0.1, -0.05) is 36.4 Å². The van der Waals surface area contributed by atoms with Gasteiger partial charge in [-0.05, 0) is 56.4 Å². The van der Waals surface area contributed by atoms with E-state index in [1.807, 2.05) is 59.8 Å². The van der Waals surface area contributed by atoms with Crippen LogP contribution in [0.3, 0.4) is 0 Å². The Labute approximate surface area is 207 Å². The molecule has 1 unspecified atom stereocenters.